The van der Waals surface area contributed by atoms with Crippen LogP contribution in [0.1, 0.15) is 38.8 Å². The van der Waals surface area contributed by atoms with Crippen LogP contribution in [-0.2, 0) is 41.9 Å². The van der Waals surface area contributed by atoms with E-state index in [2.05, 4.69) is 0 Å². The fraction of sp³-hybridized carbons (Fsp3) is 0.375. The number of rotatable bonds is 6. The maximum atomic E-state index is 11.2. The molecule has 0 saturated carbocycles. The first-order valence-electron chi connectivity index (χ1n) is 6.98. The van der Waals surface area contributed by atoms with Crippen LogP contribution in [0.3, 0.4) is 0 Å². The third-order valence-corrected chi connectivity index (χ3v) is 2.61. The Morgan fingerprint density at radius 2 is 1.00 bits per heavy atom. The SMILES string of the molecule is CC(=O)OCc1cc(OC(C)=O)c(COC(C)=O)cc1OC(C)=O. The molecule has 0 heterocycles. The second kappa shape index (κ2) is 8.66. The Morgan fingerprint density at radius 1 is 0.667 bits per heavy atom. The Hall–Kier alpha value is -2.90. The van der Waals surface area contributed by atoms with Gasteiger partial charge in [-0.3, -0.25) is 19.2 Å². The Labute approximate surface area is 138 Å². The maximum Gasteiger partial charge on any atom is 0.308 e. The third-order valence-electron chi connectivity index (χ3n) is 2.61. The van der Waals surface area contributed by atoms with E-state index in [1.165, 1.54) is 39.8 Å². The molecule has 130 valence electrons. The first-order valence-corrected chi connectivity index (χ1v) is 6.98. The van der Waals surface area contributed by atoms with Crippen molar-refractivity contribution in [2.24, 2.45) is 0 Å². The number of hydrogen-bond acceptors (Lipinski definition) is 8. The summed E-state index contributed by atoms with van der Waals surface area (Å²) in [5.74, 6) is -2.00. The second-order valence-electron chi connectivity index (χ2n) is 4.82. The number of esters is 4. The van der Waals surface area contributed by atoms with E-state index in [1.807, 2.05) is 0 Å². The highest BCUT2D eigenvalue weighted by atomic mass is 16.6. The smallest absolute Gasteiger partial charge is 0.308 e. The maximum absolute atomic E-state index is 11.2. The minimum Gasteiger partial charge on any atom is -0.461 e. The van der Waals surface area contributed by atoms with Crippen molar-refractivity contribution in [2.75, 3.05) is 0 Å². The van der Waals surface area contributed by atoms with Gasteiger partial charge >= 0.3 is 23.9 Å². The molecule has 0 aromatic heterocycles. The van der Waals surface area contributed by atoms with Crippen molar-refractivity contribution in [3.63, 3.8) is 0 Å². The van der Waals surface area contributed by atoms with Crippen LogP contribution in [0.2, 0.25) is 0 Å². The Morgan fingerprint density at radius 3 is 1.25 bits per heavy atom. The van der Waals surface area contributed by atoms with Crippen LogP contribution in [0.5, 0.6) is 11.5 Å². The van der Waals surface area contributed by atoms with Gasteiger partial charge in [0.2, 0.25) is 0 Å². The minimum atomic E-state index is -0.585. The summed E-state index contributed by atoms with van der Waals surface area (Å²) >= 11 is 0. The number of ether oxygens (including phenoxy) is 4. The van der Waals surface area contributed by atoms with E-state index < -0.39 is 23.9 Å². The molecule has 0 aliphatic heterocycles. The van der Waals surface area contributed by atoms with E-state index in [-0.39, 0.29) is 24.7 Å². The topological polar surface area (TPSA) is 105 Å². The molecule has 24 heavy (non-hydrogen) atoms. The van der Waals surface area contributed by atoms with Crippen LogP contribution < -0.4 is 9.47 Å². The van der Waals surface area contributed by atoms with Gasteiger partial charge in [0.05, 0.1) is 0 Å². The minimum absolute atomic E-state index is 0.113. The van der Waals surface area contributed by atoms with Crippen molar-refractivity contribution in [3.8, 4) is 11.5 Å². The van der Waals surface area contributed by atoms with E-state index in [4.69, 9.17) is 18.9 Å². The molecular weight excluding hydrogens is 320 g/mol. The molecule has 0 aliphatic carbocycles. The van der Waals surface area contributed by atoms with E-state index in [1.54, 1.807) is 0 Å². The van der Waals surface area contributed by atoms with Gasteiger partial charge in [-0.2, -0.15) is 0 Å². The zero-order chi connectivity index (χ0) is 18.3. The third kappa shape index (κ3) is 6.47. The summed E-state index contributed by atoms with van der Waals surface area (Å²) in [6.07, 6.45) is 0. The summed E-state index contributed by atoms with van der Waals surface area (Å²) in [7, 11) is 0. The quantitative estimate of drug-likeness (QED) is 0.569. The molecule has 8 nitrogen and oxygen atoms in total. The number of carbonyl (C=O) groups is 4. The van der Waals surface area contributed by atoms with Gasteiger partial charge in [0.25, 0.3) is 0 Å². The lowest BCUT2D eigenvalue weighted by Gasteiger charge is -2.15. The Balaban J connectivity index is 3.27. The van der Waals surface area contributed by atoms with E-state index in [0.29, 0.717) is 11.1 Å². The van der Waals surface area contributed by atoms with Gasteiger partial charge in [0, 0.05) is 38.8 Å². The summed E-state index contributed by atoms with van der Waals surface area (Å²) in [4.78, 5) is 44.5. The Bertz CT molecular complexity index is 605. The van der Waals surface area contributed by atoms with Crippen molar-refractivity contribution >= 4 is 23.9 Å². The highest BCUT2D eigenvalue weighted by molar-refractivity contribution is 5.72. The number of benzene rings is 1. The van der Waals surface area contributed by atoms with Gasteiger partial charge in [-0.05, 0) is 12.1 Å². The average molecular weight is 338 g/mol. The molecule has 0 amide bonds. The molecule has 0 radical (unpaired) electrons. The standard InChI is InChI=1S/C16H18O8/c1-9(17)21-7-13-5-16(24-12(4)20)14(8-22-10(2)18)6-15(13)23-11(3)19/h5-6H,7-8H2,1-4H3. The van der Waals surface area contributed by atoms with Gasteiger partial charge < -0.3 is 18.9 Å². The molecular formula is C16H18O8. The molecule has 0 aliphatic rings. The summed E-state index contributed by atoms with van der Waals surface area (Å²) in [5.41, 5.74) is 0.645. The molecule has 1 aromatic rings. The van der Waals surface area contributed by atoms with E-state index >= 15 is 0 Å². The summed E-state index contributed by atoms with van der Waals surface area (Å²) in [6, 6.07) is 2.78. The van der Waals surface area contributed by atoms with Gasteiger partial charge in [-0.25, -0.2) is 0 Å². The zero-order valence-corrected chi connectivity index (χ0v) is 13.8. The molecule has 0 atom stereocenters. The van der Waals surface area contributed by atoms with Gasteiger partial charge in [0.1, 0.15) is 24.7 Å². The normalized spacial score (nSPS) is 9.83. The Kier molecular flexibility index (Phi) is 6.91. The molecule has 0 bridgehead atoms. The average Bonchev–Trinajstić information content (AvgIpc) is 2.44. The van der Waals surface area contributed by atoms with Crippen molar-refractivity contribution < 1.29 is 38.1 Å². The van der Waals surface area contributed by atoms with Crippen LogP contribution >= 0.6 is 0 Å². The molecule has 0 spiro atoms. The van der Waals surface area contributed by atoms with Gasteiger partial charge in [-0.1, -0.05) is 0 Å². The van der Waals surface area contributed by atoms with Crippen LogP contribution in [0.4, 0.5) is 0 Å². The van der Waals surface area contributed by atoms with E-state index in [0.717, 1.165) is 0 Å². The van der Waals surface area contributed by atoms with Crippen LogP contribution in [0.15, 0.2) is 12.1 Å². The van der Waals surface area contributed by atoms with Crippen LogP contribution in [0, 0.1) is 0 Å². The zero-order valence-electron chi connectivity index (χ0n) is 13.8. The van der Waals surface area contributed by atoms with Crippen molar-refractivity contribution in [2.45, 2.75) is 40.9 Å². The lowest BCUT2D eigenvalue weighted by molar-refractivity contribution is -0.143. The van der Waals surface area contributed by atoms with Gasteiger partial charge in [-0.15, -0.1) is 0 Å². The predicted molar refractivity (Wildman–Crippen MR) is 80.0 cm³/mol. The first kappa shape index (κ1) is 19.1. The highest BCUT2D eigenvalue weighted by Gasteiger charge is 2.17. The van der Waals surface area contributed by atoms with Crippen LogP contribution in [0.25, 0.3) is 0 Å². The van der Waals surface area contributed by atoms with Crippen LogP contribution in [-0.4, -0.2) is 23.9 Å². The molecule has 0 fully saturated rings. The fourth-order valence-electron chi connectivity index (χ4n) is 1.73. The monoisotopic (exact) mass is 338 g/mol. The molecule has 1 rings (SSSR count). The molecule has 0 saturated heterocycles. The van der Waals surface area contributed by atoms with Crippen molar-refractivity contribution in [1.82, 2.24) is 0 Å². The molecule has 0 unspecified atom stereocenters. The van der Waals surface area contributed by atoms with Crippen molar-refractivity contribution in [1.29, 1.82) is 0 Å². The summed E-state index contributed by atoms with van der Waals surface area (Å²) < 4.78 is 19.9. The fourth-order valence-corrected chi connectivity index (χ4v) is 1.73. The highest BCUT2D eigenvalue weighted by Crippen LogP contribution is 2.31. The molecule has 0 N–H and O–H groups in total. The summed E-state index contributed by atoms with van der Waals surface area (Å²) in [5, 5.41) is 0. The molecule has 1 aromatic carbocycles. The largest absolute Gasteiger partial charge is 0.461 e. The predicted octanol–water partition coefficient (Wildman–Crippen LogP) is 1.66. The van der Waals surface area contributed by atoms with Crippen molar-refractivity contribution in [3.05, 3.63) is 23.3 Å². The molecule has 8 heteroatoms. The lowest BCUT2D eigenvalue weighted by Crippen LogP contribution is -2.11. The number of carbonyl (C=O) groups excluding carboxylic acids is 4. The first-order chi connectivity index (χ1) is 11.2. The second-order valence-corrected chi connectivity index (χ2v) is 4.82. The summed E-state index contributed by atoms with van der Waals surface area (Å²) in [6.45, 7) is 4.52. The van der Waals surface area contributed by atoms with Gasteiger partial charge in [0.15, 0.2) is 0 Å². The number of hydrogen-bond donors (Lipinski definition) is 0. The van der Waals surface area contributed by atoms with E-state index in [9.17, 15) is 19.2 Å². The lowest BCUT2D eigenvalue weighted by atomic mass is 10.1.